The van der Waals surface area contributed by atoms with Gasteiger partial charge in [-0.25, -0.2) is 4.68 Å². The van der Waals surface area contributed by atoms with Gasteiger partial charge in [0.05, 0.1) is 18.3 Å². The van der Waals surface area contributed by atoms with Crippen molar-refractivity contribution >= 4 is 17.0 Å². The Morgan fingerprint density at radius 3 is 2.77 bits per heavy atom. The predicted octanol–water partition coefficient (Wildman–Crippen LogP) is 2.93. The van der Waals surface area contributed by atoms with Gasteiger partial charge in [-0.3, -0.25) is 9.78 Å². The van der Waals surface area contributed by atoms with Crippen molar-refractivity contribution in [2.24, 2.45) is 0 Å². The molecular weight excluding hydrogens is 330 g/mol. The summed E-state index contributed by atoms with van der Waals surface area (Å²) in [5.74, 6) is 1.34. The quantitative estimate of drug-likeness (QED) is 0.710. The van der Waals surface area contributed by atoms with Gasteiger partial charge < -0.3 is 10.1 Å². The van der Waals surface area contributed by atoms with Crippen molar-refractivity contribution in [2.75, 3.05) is 18.5 Å². The summed E-state index contributed by atoms with van der Waals surface area (Å²) in [6, 6.07) is 7.96. The minimum atomic E-state index is -0.254. The first-order valence-corrected chi connectivity index (χ1v) is 8.83. The van der Waals surface area contributed by atoms with Gasteiger partial charge in [0.2, 0.25) is 5.95 Å². The SMILES string of the molecule is CCOc1ccccc1CCNc1nc2c(cnn2C(C)(C)C)c(=O)[nH]1. The number of anilines is 1. The largest absolute Gasteiger partial charge is 0.494 e. The van der Waals surface area contributed by atoms with E-state index in [4.69, 9.17) is 4.74 Å². The molecule has 7 heteroatoms. The van der Waals surface area contributed by atoms with Gasteiger partial charge in [0.25, 0.3) is 5.56 Å². The van der Waals surface area contributed by atoms with Crippen molar-refractivity contribution in [1.29, 1.82) is 0 Å². The van der Waals surface area contributed by atoms with Crippen LogP contribution < -0.4 is 15.6 Å². The molecule has 2 heterocycles. The molecule has 0 saturated heterocycles. The molecule has 138 valence electrons. The molecule has 0 aliphatic carbocycles. The molecule has 2 N–H and O–H groups in total. The van der Waals surface area contributed by atoms with Crippen LogP contribution in [0.2, 0.25) is 0 Å². The number of fused-ring (bicyclic) bond motifs is 1. The van der Waals surface area contributed by atoms with E-state index in [1.807, 2.05) is 52.0 Å². The molecule has 0 fully saturated rings. The smallest absolute Gasteiger partial charge is 0.263 e. The number of aromatic nitrogens is 4. The minimum absolute atomic E-state index is 0.192. The van der Waals surface area contributed by atoms with Gasteiger partial charge in [0.15, 0.2) is 5.65 Å². The Balaban J connectivity index is 1.79. The number of H-pyrrole nitrogens is 1. The second-order valence-electron chi connectivity index (χ2n) is 7.10. The molecule has 0 unspecified atom stereocenters. The van der Waals surface area contributed by atoms with Crippen LogP contribution in [0, 0.1) is 0 Å². The summed E-state index contributed by atoms with van der Waals surface area (Å²) < 4.78 is 7.42. The molecule has 0 atom stereocenters. The third-order valence-electron chi connectivity index (χ3n) is 4.03. The summed E-state index contributed by atoms with van der Waals surface area (Å²) >= 11 is 0. The molecule has 0 amide bonds. The lowest BCUT2D eigenvalue weighted by Gasteiger charge is -2.19. The van der Waals surface area contributed by atoms with E-state index in [1.165, 1.54) is 0 Å². The van der Waals surface area contributed by atoms with Crippen molar-refractivity contribution in [3.8, 4) is 5.75 Å². The summed E-state index contributed by atoms with van der Waals surface area (Å²) in [6.07, 6.45) is 2.32. The fourth-order valence-corrected chi connectivity index (χ4v) is 2.82. The van der Waals surface area contributed by atoms with Crippen LogP contribution in [-0.4, -0.2) is 32.9 Å². The molecule has 0 spiro atoms. The summed E-state index contributed by atoms with van der Waals surface area (Å²) in [5.41, 5.74) is 1.25. The molecule has 7 nitrogen and oxygen atoms in total. The lowest BCUT2D eigenvalue weighted by molar-refractivity contribution is 0.336. The van der Waals surface area contributed by atoms with Gasteiger partial charge >= 0.3 is 0 Å². The van der Waals surface area contributed by atoms with E-state index >= 15 is 0 Å². The molecule has 26 heavy (non-hydrogen) atoms. The van der Waals surface area contributed by atoms with Gasteiger partial charge in [0, 0.05) is 6.54 Å². The maximum Gasteiger partial charge on any atom is 0.263 e. The summed E-state index contributed by atoms with van der Waals surface area (Å²) in [4.78, 5) is 19.6. The highest BCUT2D eigenvalue weighted by molar-refractivity contribution is 5.74. The van der Waals surface area contributed by atoms with Gasteiger partial charge in [-0.1, -0.05) is 18.2 Å². The van der Waals surface area contributed by atoms with Crippen molar-refractivity contribution in [3.05, 3.63) is 46.4 Å². The van der Waals surface area contributed by atoms with E-state index in [0.29, 0.717) is 30.1 Å². The Morgan fingerprint density at radius 1 is 1.27 bits per heavy atom. The highest BCUT2D eigenvalue weighted by Gasteiger charge is 2.19. The first-order chi connectivity index (χ1) is 12.4. The summed E-state index contributed by atoms with van der Waals surface area (Å²) in [7, 11) is 0. The zero-order valence-corrected chi connectivity index (χ0v) is 15.7. The number of hydrogen-bond acceptors (Lipinski definition) is 5. The normalized spacial score (nSPS) is 11.7. The number of para-hydroxylation sites is 1. The maximum absolute atomic E-state index is 12.3. The Bertz CT molecular complexity index is 952. The van der Waals surface area contributed by atoms with Crippen molar-refractivity contribution < 1.29 is 4.74 Å². The fourth-order valence-electron chi connectivity index (χ4n) is 2.82. The highest BCUT2D eigenvalue weighted by atomic mass is 16.5. The van der Waals surface area contributed by atoms with E-state index in [-0.39, 0.29) is 11.1 Å². The second kappa shape index (κ2) is 7.19. The van der Waals surface area contributed by atoms with E-state index in [9.17, 15) is 4.79 Å². The first-order valence-electron chi connectivity index (χ1n) is 8.83. The van der Waals surface area contributed by atoms with Crippen LogP contribution in [0.1, 0.15) is 33.3 Å². The average molecular weight is 355 g/mol. The highest BCUT2D eigenvalue weighted by Crippen LogP contribution is 2.20. The first kappa shape index (κ1) is 18.0. The monoisotopic (exact) mass is 355 g/mol. The van der Waals surface area contributed by atoms with Gasteiger partial charge in [-0.15, -0.1) is 0 Å². The number of aromatic amines is 1. The van der Waals surface area contributed by atoms with Gasteiger partial charge in [-0.05, 0) is 45.7 Å². The number of hydrogen-bond donors (Lipinski definition) is 2. The summed E-state index contributed by atoms with van der Waals surface area (Å²) in [6.45, 7) is 9.31. The van der Waals surface area contributed by atoms with Crippen LogP contribution in [0.25, 0.3) is 11.0 Å². The number of nitrogens with one attached hydrogen (secondary N) is 2. The third-order valence-corrected chi connectivity index (χ3v) is 4.03. The number of nitrogens with zero attached hydrogens (tertiary/aromatic N) is 3. The Kier molecular flexibility index (Phi) is 4.97. The Hall–Kier alpha value is -2.83. The minimum Gasteiger partial charge on any atom is -0.494 e. The third kappa shape index (κ3) is 3.71. The Morgan fingerprint density at radius 2 is 2.04 bits per heavy atom. The lowest BCUT2D eigenvalue weighted by atomic mass is 10.1. The fraction of sp³-hybridized carbons (Fsp3) is 0.421. The molecular formula is C19H25N5O2. The van der Waals surface area contributed by atoms with Crippen molar-refractivity contribution in [2.45, 2.75) is 39.7 Å². The zero-order valence-electron chi connectivity index (χ0n) is 15.7. The van der Waals surface area contributed by atoms with Gasteiger partial charge in [-0.2, -0.15) is 10.1 Å². The Labute approximate surface area is 152 Å². The lowest BCUT2D eigenvalue weighted by Crippen LogP contribution is -2.24. The van der Waals surface area contributed by atoms with Crippen LogP contribution in [0.3, 0.4) is 0 Å². The molecule has 3 rings (SSSR count). The number of rotatable bonds is 6. The maximum atomic E-state index is 12.3. The van der Waals surface area contributed by atoms with Crippen LogP contribution in [-0.2, 0) is 12.0 Å². The number of ether oxygens (including phenoxy) is 1. The predicted molar refractivity (Wildman–Crippen MR) is 103 cm³/mol. The van der Waals surface area contributed by atoms with Gasteiger partial charge in [0.1, 0.15) is 11.1 Å². The molecule has 0 radical (unpaired) electrons. The van der Waals surface area contributed by atoms with E-state index in [0.717, 1.165) is 17.7 Å². The molecule has 0 aliphatic rings. The molecule has 0 aliphatic heterocycles. The van der Waals surface area contributed by atoms with Crippen molar-refractivity contribution in [1.82, 2.24) is 19.7 Å². The second-order valence-corrected chi connectivity index (χ2v) is 7.10. The van der Waals surface area contributed by atoms with Crippen LogP contribution >= 0.6 is 0 Å². The average Bonchev–Trinajstić information content (AvgIpc) is 3.01. The molecule has 1 aromatic carbocycles. The van der Waals surface area contributed by atoms with E-state index in [2.05, 4.69) is 20.4 Å². The number of benzene rings is 1. The topological polar surface area (TPSA) is 84.8 Å². The molecule has 0 bridgehead atoms. The van der Waals surface area contributed by atoms with E-state index < -0.39 is 0 Å². The zero-order chi connectivity index (χ0) is 18.7. The summed E-state index contributed by atoms with van der Waals surface area (Å²) in [5, 5.41) is 8.01. The van der Waals surface area contributed by atoms with E-state index in [1.54, 1.807) is 10.9 Å². The van der Waals surface area contributed by atoms with Crippen LogP contribution in [0.5, 0.6) is 5.75 Å². The molecule has 0 saturated carbocycles. The standard InChI is InChI=1S/C19H25N5O2/c1-5-26-15-9-7-6-8-13(15)10-11-20-18-22-16-14(17(25)23-18)12-21-24(16)19(2,3)4/h6-9,12H,5,10-11H2,1-4H3,(H2,20,22,23,25). The van der Waals surface area contributed by atoms with Crippen LogP contribution in [0.15, 0.2) is 35.3 Å². The van der Waals surface area contributed by atoms with Crippen LogP contribution in [0.4, 0.5) is 5.95 Å². The molecule has 3 aromatic rings. The van der Waals surface area contributed by atoms with Crippen molar-refractivity contribution in [3.63, 3.8) is 0 Å². The molecule has 2 aromatic heterocycles.